The van der Waals surface area contributed by atoms with Crippen molar-refractivity contribution in [2.75, 3.05) is 6.54 Å². The van der Waals surface area contributed by atoms with Crippen LogP contribution in [-0.4, -0.2) is 23.3 Å². The van der Waals surface area contributed by atoms with Crippen molar-refractivity contribution in [3.63, 3.8) is 0 Å². The molecule has 1 heterocycles. The molecule has 0 bridgehead atoms. The summed E-state index contributed by atoms with van der Waals surface area (Å²) in [6.45, 7) is 0.958. The van der Waals surface area contributed by atoms with Gasteiger partial charge < -0.3 is 9.64 Å². The van der Waals surface area contributed by atoms with Crippen molar-refractivity contribution >= 4 is 11.9 Å². The van der Waals surface area contributed by atoms with E-state index in [1.165, 1.54) is 12.1 Å². The highest BCUT2D eigenvalue weighted by atomic mass is 19.1. The number of likely N-dealkylation sites (tertiary alicyclic amines) is 1. The Morgan fingerprint density at radius 1 is 1.08 bits per heavy atom. The molecule has 2 aromatic rings. The van der Waals surface area contributed by atoms with Crippen LogP contribution in [0.1, 0.15) is 17.5 Å². The van der Waals surface area contributed by atoms with E-state index in [4.69, 9.17) is 4.74 Å². The molecule has 3 rings (SSSR count). The standard InChI is InChI=1S/C19H18FNO3/c20-17-8-6-15(7-9-17)13-24-19(23)16-10-18(22)21(12-16)11-14-4-2-1-3-5-14/h1-9,16H,10-13H2. The summed E-state index contributed by atoms with van der Waals surface area (Å²) in [6.07, 6.45) is 0.176. The first-order valence-corrected chi connectivity index (χ1v) is 7.84. The number of hydrogen-bond donors (Lipinski definition) is 0. The molecule has 5 heteroatoms. The summed E-state index contributed by atoms with van der Waals surface area (Å²) in [5.74, 6) is -1.20. The number of nitrogens with zero attached hydrogens (tertiary/aromatic N) is 1. The minimum absolute atomic E-state index is 0.0393. The Morgan fingerprint density at radius 3 is 2.50 bits per heavy atom. The molecule has 1 fully saturated rings. The summed E-state index contributed by atoms with van der Waals surface area (Å²) in [4.78, 5) is 25.9. The van der Waals surface area contributed by atoms with Gasteiger partial charge in [0.25, 0.3) is 0 Å². The molecule has 0 saturated carbocycles. The normalized spacial score (nSPS) is 17.1. The Balaban J connectivity index is 1.53. The van der Waals surface area contributed by atoms with Crippen molar-refractivity contribution in [1.82, 2.24) is 4.90 Å². The number of hydrogen-bond acceptors (Lipinski definition) is 3. The molecule has 4 nitrogen and oxygen atoms in total. The van der Waals surface area contributed by atoms with E-state index in [1.807, 2.05) is 30.3 Å². The van der Waals surface area contributed by atoms with Crippen LogP contribution >= 0.6 is 0 Å². The molecule has 1 atom stereocenters. The number of benzene rings is 2. The summed E-state index contributed by atoms with van der Waals surface area (Å²) in [5.41, 5.74) is 1.75. The van der Waals surface area contributed by atoms with E-state index in [0.717, 1.165) is 11.1 Å². The summed E-state index contributed by atoms with van der Waals surface area (Å²) < 4.78 is 18.1. The van der Waals surface area contributed by atoms with Crippen molar-refractivity contribution in [2.24, 2.45) is 5.92 Å². The van der Waals surface area contributed by atoms with Crippen LogP contribution in [0.15, 0.2) is 54.6 Å². The van der Waals surface area contributed by atoms with Crippen LogP contribution in [0.25, 0.3) is 0 Å². The summed E-state index contributed by atoms with van der Waals surface area (Å²) >= 11 is 0. The lowest BCUT2D eigenvalue weighted by atomic mass is 10.1. The van der Waals surface area contributed by atoms with Crippen LogP contribution in [0.2, 0.25) is 0 Å². The minimum atomic E-state index is -0.443. The second-order valence-corrected chi connectivity index (χ2v) is 5.90. The maximum Gasteiger partial charge on any atom is 0.311 e. The van der Waals surface area contributed by atoms with Gasteiger partial charge in [-0.15, -0.1) is 0 Å². The number of halogens is 1. The number of ether oxygens (including phenoxy) is 1. The predicted molar refractivity (Wildman–Crippen MR) is 86.2 cm³/mol. The number of carbonyl (C=O) groups excluding carboxylic acids is 2. The highest BCUT2D eigenvalue weighted by Crippen LogP contribution is 2.22. The predicted octanol–water partition coefficient (Wildman–Crippen LogP) is 2.92. The quantitative estimate of drug-likeness (QED) is 0.793. The molecule has 1 saturated heterocycles. The zero-order valence-corrected chi connectivity index (χ0v) is 13.2. The smallest absolute Gasteiger partial charge is 0.311 e. The van der Waals surface area contributed by atoms with Crippen LogP contribution in [-0.2, 0) is 27.5 Å². The van der Waals surface area contributed by atoms with Gasteiger partial charge in [0.2, 0.25) is 5.91 Å². The van der Waals surface area contributed by atoms with E-state index in [-0.39, 0.29) is 30.7 Å². The Bertz CT molecular complexity index is 715. The largest absolute Gasteiger partial charge is 0.461 e. The van der Waals surface area contributed by atoms with Gasteiger partial charge in [0, 0.05) is 19.5 Å². The minimum Gasteiger partial charge on any atom is -0.461 e. The zero-order chi connectivity index (χ0) is 16.9. The average Bonchev–Trinajstić information content (AvgIpc) is 2.96. The fourth-order valence-corrected chi connectivity index (χ4v) is 2.74. The number of carbonyl (C=O) groups is 2. The molecular formula is C19H18FNO3. The highest BCUT2D eigenvalue weighted by Gasteiger charge is 2.35. The lowest BCUT2D eigenvalue weighted by molar-refractivity contribution is -0.149. The van der Waals surface area contributed by atoms with Crippen LogP contribution in [0, 0.1) is 11.7 Å². The fourth-order valence-electron chi connectivity index (χ4n) is 2.74. The average molecular weight is 327 g/mol. The van der Waals surface area contributed by atoms with Gasteiger partial charge in [-0.05, 0) is 23.3 Å². The lowest BCUT2D eigenvalue weighted by Gasteiger charge is -2.16. The van der Waals surface area contributed by atoms with Gasteiger partial charge in [-0.25, -0.2) is 4.39 Å². The summed E-state index contributed by atoms with van der Waals surface area (Å²) in [7, 11) is 0. The lowest BCUT2D eigenvalue weighted by Crippen LogP contribution is -2.26. The van der Waals surface area contributed by atoms with Crippen molar-refractivity contribution in [2.45, 2.75) is 19.6 Å². The van der Waals surface area contributed by atoms with Gasteiger partial charge in [0.1, 0.15) is 12.4 Å². The van der Waals surface area contributed by atoms with Crippen LogP contribution in [0.3, 0.4) is 0 Å². The maximum absolute atomic E-state index is 12.8. The van der Waals surface area contributed by atoms with Gasteiger partial charge >= 0.3 is 5.97 Å². The SMILES string of the molecule is O=C(OCc1ccc(F)cc1)C1CC(=O)N(Cc2ccccc2)C1. The molecule has 1 unspecified atom stereocenters. The molecule has 24 heavy (non-hydrogen) atoms. The third-order valence-electron chi connectivity index (χ3n) is 4.06. The maximum atomic E-state index is 12.8. The molecule has 0 aliphatic carbocycles. The fraction of sp³-hybridized carbons (Fsp3) is 0.263. The van der Waals surface area contributed by atoms with E-state index in [1.54, 1.807) is 17.0 Å². The van der Waals surface area contributed by atoms with E-state index >= 15 is 0 Å². The third kappa shape index (κ3) is 3.98. The monoisotopic (exact) mass is 327 g/mol. The molecule has 1 aliphatic rings. The number of esters is 1. The van der Waals surface area contributed by atoms with E-state index < -0.39 is 5.92 Å². The number of amides is 1. The summed E-state index contributed by atoms with van der Waals surface area (Å²) in [5, 5.41) is 0. The second-order valence-electron chi connectivity index (χ2n) is 5.90. The van der Waals surface area contributed by atoms with E-state index in [2.05, 4.69) is 0 Å². The van der Waals surface area contributed by atoms with Gasteiger partial charge in [0.05, 0.1) is 5.92 Å². The van der Waals surface area contributed by atoms with Gasteiger partial charge in [-0.2, -0.15) is 0 Å². The van der Waals surface area contributed by atoms with E-state index in [9.17, 15) is 14.0 Å². The van der Waals surface area contributed by atoms with Crippen molar-refractivity contribution in [3.8, 4) is 0 Å². The molecule has 0 N–H and O–H groups in total. The van der Waals surface area contributed by atoms with Gasteiger partial charge in [-0.3, -0.25) is 9.59 Å². The van der Waals surface area contributed by atoms with Crippen LogP contribution in [0.4, 0.5) is 4.39 Å². The first-order valence-electron chi connectivity index (χ1n) is 7.84. The molecule has 1 aliphatic heterocycles. The highest BCUT2D eigenvalue weighted by molar-refractivity contribution is 5.86. The number of rotatable bonds is 5. The Morgan fingerprint density at radius 2 is 1.79 bits per heavy atom. The van der Waals surface area contributed by atoms with Crippen molar-refractivity contribution < 1.29 is 18.7 Å². The molecule has 1 amide bonds. The zero-order valence-electron chi connectivity index (χ0n) is 13.2. The Labute approximate surface area is 139 Å². The molecular weight excluding hydrogens is 309 g/mol. The molecule has 0 aromatic heterocycles. The van der Waals surface area contributed by atoms with Crippen molar-refractivity contribution in [1.29, 1.82) is 0 Å². The molecule has 0 radical (unpaired) electrons. The van der Waals surface area contributed by atoms with Crippen LogP contribution in [0.5, 0.6) is 0 Å². The summed E-state index contributed by atoms with van der Waals surface area (Å²) in [6, 6.07) is 15.5. The molecule has 2 aromatic carbocycles. The topological polar surface area (TPSA) is 46.6 Å². The Hall–Kier alpha value is -2.69. The first kappa shape index (κ1) is 16.2. The first-order chi connectivity index (χ1) is 11.6. The second kappa shape index (κ2) is 7.25. The molecule has 0 spiro atoms. The van der Waals surface area contributed by atoms with Crippen LogP contribution < -0.4 is 0 Å². The van der Waals surface area contributed by atoms with Crippen molar-refractivity contribution in [3.05, 3.63) is 71.5 Å². The Kier molecular flexibility index (Phi) is 4.89. The van der Waals surface area contributed by atoms with Gasteiger partial charge in [0.15, 0.2) is 0 Å². The third-order valence-corrected chi connectivity index (χ3v) is 4.06. The molecule has 124 valence electrons. The van der Waals surface area contributed by atoms with Gasteiger partial charge in [-0.1, -0.05) is 42.5 Å². The van der Waals surface area contributed by atoms with E-state index in [0.29, 0.717) is 13.1 Å².